The monoisotopic (exact) mass is 465 g/mol. The van der Waals surface area contributed by atoms with Gasteiger partial charge in [0.15, 0.2) is 6.10 Å². The number of fused-ring (bicyclic) bond motifs is 1. The second kappa shape index (κ2) is 8.13. The maximum atomic E-state index is 13.1. The summed E-state index contributed by atoms with van der Waals surface area (Å²) in [5.74, 6) is -0.0391. The van der Waals surface area contributed by atoms with Gasteiger partial charge in [-0.15, -0.1) is 0 Å². The van der Waals surface area contributed by atoms with Crippen molar-refractivity contribution in [2.45, 2.75) is 11.0 Å². The van der Waals surface area contributed by atoms with Crippen molar-refractivity contribution in [1.82, 2.24) is 9.21 Å². The highest BCUT2D eigenvalue weighted by Gasteiger charge is 2.38. The van der Waals surface area contributed by atoms with E-state index in [9.17, 15) is 21.6 Å². The van der Waals surface area contributed by atoms with E-state index in [-0.39, 0.29) is 43.5 Å². The largest absolute Gasteiger partial charge is 0.476 e. The molecule has 0 spiro atoms. The van der Waals surface area contributed by atoms with Crippen LogP contribution in [0.4, 0.5) is 5.69 Å². The minimum atomic E-state index is -3.63. The molecular formula is C20H23N3O6S2. The zero-order chi connectivity index (χ0) is 22.2. The van der Waals surface area contributed by atoms with Crippen LogP contribution in [0.15, 0.2) is 59.5 Å². The molecule has 2 aromatic carbocycles. The molecular weight excluding hydrogens is 442 g/mol. The lowest BCUT2D eigenvalue weighted by Gasteiger charge is -2.39. The highest BCUT2D eigenvalue weighted by atomic mass is 32.2. The first kappa shape index (κ1) is 21.6. The fraction of sp³-hybridized carbons (Fsp3) is 0.350. The third kappa shape index (κ3) is 4.25. The molecule has 4 rings (SSSR count). The highest BCUT2D eigenvalue weighted by molar-refractivity contribution is 7.92. The first-order valence-corrected chi connectivity index (χ1v) is 13.0. The number of hydrogen-bond acceptors (Lipinski definition) is 6. The van der Waals surface area contributed by atoms with Crippen LogP contribution in [-0.2, 0) is 24.8 Å². The van der Waals surface area contributed by atoms with Gasteiger partial charge in [-0.25, -0.2) is 16.8 Å². The summed E-state index contributed by atoms with van der Waals surface area (Å²) in [6.45, 7) is 0.581. The smallest absolute Gasteiger partial charge is 0.265 e. The maximum Gasteiger partial charge on any atom is 0.265 e. The fourth-order valence-electron chi connectivity index (χ4n) is 3.74. The minimum absolute atomic E-state index is 0.128. The van der Waals surface area contributed by atoms with E-state index < -0.39 is 26.2 Å². The predicted molar refractivity (Wildman–Crippen MR) is 115 cm³/mol. The summed E-state index contributed by atoms with van der Waals surface area (Å²) in [4.78, 5) is 14.8. The number of hydrogen-bond donors (Lipinski definition) is 0. The molecule has 166 valence electrons. The third-order valence-corrected chi connectivity index (χ3v) is 8.40. The molecule has 31 heavy (non-hydrogen) atoms. The summed E-state index contributed by atoms with van der Waals surface area (Å²) < 4.78 is 58.4. The molecule has 9 nitrogen and oxygen atoms in total. The van der Waals surface area contributed by atoms with Crippen molar-refractivity contribution in [2.75, 3.05) is 43.3 Å². The molecule has 2 aliphatic heterocycles. The van der Waals surface area contributed by atoms with Crippen molar-refractivity contribution in [3.05, 3.63) is 54.6 Å². The van der Waals surface area contributed by atoms with Gasteiger partial charge >= 0.3 is 0 Å². The second-order valence-corrected chi connectivity index (χ2v) is 11.3. The van der Waals surface area contributed by atoms with E-state index in [0.29, 0.717) is 11.4 Å². The Morgan fingerprint density at radius 2 is 1.52 bits per heavy atom. The van der Waals surface area contributed by atoms with Crippen molar-refractivity contribution >= 4 is 31.6 Å². The van der Waals surface area contributed by atoms with Gasteiger partial charge in [-0.05, 0) is 24.3 Å². The van der Waals surface area contributed by atoms with Crippen LogP contribution in [0, 0.1) is 0 Å². The Morgan fingerprint density at radius 1 is 0.903 bits per heavy atom. The summed E-state index contributed by atoms with van der Waals surface area (Å²) in [6, 6.07) is 14.8. The molecule has 1 atom stereocenters. The predicted octanol–water partition coefficient (Wildman–Crippen LogP) is 0.747. The SMILES string of the molecule is CS(=O)(=O)N1C[C@@H](C(=O)N2CCN(S(=O)(=O)c3ccccc3)CC2)Oc2ccccc21. The number of carbonyl (C=O) groups is 1. The Kier molecular flexibility index (Phi) is 5.67. The zero-order valence-electron chi connectivity index (χ0n) is 16.9. The van der Waals surface area contributed by atoms with E-state index in [2.05, 4.69) is 0 Å². The van der Waals surface area contributed by atoms with Crippen LogP contribution in [0.3, 0.4) is 0 Å². The van der Waals surface area contributed by atoms with Crippen molar-refractivity contribution in [3.8, 4) is 5.75 Å². The van der Waals surface area contributed by atoms with Gasteiger partial charge in [-0.2, -0.15) is 4.31 Å². The van der Waals surface area contributed by atoms with Crippen molar-refractivity contribution in [3.63, 3.8) is 0 Å². The number of nitrogens with zero attached hydrogens (tertiary/aromatic N) is 3. The third-order valence-electron chi connectivity index (χ3n) is 5.34. The quantitative estimate of drug-likeness (QED) is 0.660. The molecule has 0 aliphatic carbocycles. The van der Waals surface area contributed by atoms with E-state index in [1.165, 1.54) is 13.5 Å². The lowest BCUT2D eigenvalue weighted by molar-refractivity contribution is -0.139. The standard InChI is InChI=1S/C20H23N3O6S2/c1-30(25,26)23-15-19(29-18-10-6-5-9-17(18)23)20(24)21-11-13-22(14-12-21)31(27,28)16-7-3-2-4-8-16/h2-10,19H,11-15H2,1H3/t19-/m0/s1. The van der Waals surface area contributed by atoms with Crippen LogP contribution < -0.4 is 9.04 Å². The van der Waals surface area contributed by atoms with E-state index in [0.717, 1.165) is 6.26 Å². The summed E-state index contributed by atoms with van der Waals surface area (Å²) in [6.07, 6.45) is 0.0889. The van der Waals surface area contributed by atoms with Crippen LogP contribution >= 0.6 is 0 Å². The maximum absolute atomic E-state index is 13.1. The topological polar surface area (TPSA) is 104 Å². The number of amides is 1. The van der Waals surface area contributed by atoms with Crippen molar-refractivity contribution in [2.24, 2.45) is 0 Å². The van der Waals surface area contributed by atoms with Crippen molar-refractivity contribution in [1.29, 1.82) is 0 Å². The van der Waals surface area contributed by atoms with Crippen LogP contribution in [0.25, 0.3) is 0 Å². The molecule has 0 saturated carbocycles. The van der Waals surface area contributed by atoms with Gasteiger partial charge in [0.05, 0.1) is 23.4 Å². The van der Waals surface area contributed by atoms with E-state index in [1.54, 1.807) is 54.6 Å². The molecule has 1 amide bonds. The van der Waals surface area contributed by atoms with Crippen LogP contribution in [0.5, 0.6) is 5.75 Å². The van der Waals surface area contributed by atoms with Gasteiger partial charge in [0.25, 0.3) is 5.91 Å². The lowest BCUT2D eigenvalue weighted by Crippen LogP contribution is -2.56. The summed E-state index contributed by atoms with van der Waals surface area (Å²) in [7, 11) is -7.23. The molecule has 2 heterocycles. The number of carbonyl (C=O) groups excluding carboxylic acids is 1. The zero-order valence-corrected chi connectivity index (χ0v) is 18.5. The summed E-state index contributed by atoms with van der Waals surface area (Å²) in [5.41, 5.74) is 0.396. The number of ether oxygens (including phenoxy) is 1. The molecule has 0 radical (unpaired) electrons. The van der Waals surface area contributed by atoms with E-state index in [1.807, 2.05) is 0 Å². The molecule has 0 N–H and O–H groups in total. The number of anilines is 1. The Hall–Kier alpha value is -2.63. The number of piperazine rings is 1. The van der Waals surface area contributed by atoms with Gasteiger partial charge in [0, 0.05) is 26.2 Å². The van der Waals surface area contributed by atoms with Gasteiger partial charge < -0.3 is 9.64 Å². The van der Waals surface area contributed by atoms with Crippen LogP contribution in [0.1, 0.15) is 0 Å². The summed E-state index contributed by atoms with van der Waals surface area (Å²) in [5, 5.41) is 0. The molecule has 2 aromatic rings. The average Bonchev–Trinajstić information content (AvgIpc) is 2.78. The normalized spacial score (nSPS) is 20.1. The van der Waals surface area contributed by atoms with E-state index >= 15 is 0 Å². The summed E-state index contributed by atoms with van der Waals surface area (Å²) >= 11 is 0. The molecule has 11 heteroatoms. The Bertz CT molecular complexity index is 1180. The van der Waals surface area contributed by atoms with Gasteiger partial charge in [0.1, 0.15) is 5.75 Å². The number of rotatable bonds is 4. The highest BCUT2D eigenvalue weighted by Crippen LogP contribution is 2.35. The number of sulfonamides is 2. The lowest BCUT2D eigenvalue weighted by atomic mass is 10.2. The molecule has 1 saturated heterocycles. The van der Waals surface area contributed by atoms with Crippen LogP contribution in [0.2, 0.25) is 0 Å². The first-order valence-electron chi connectivity index (χ1n) is 9.75. The minimum Gasteiger partial charge on any atom is -0.476 e. The first-order chi connectivity index (χ1) is 14.7. The van der Waals surface area contributed by atoms with Gasteiger partial charge in [-0.1, -0.05) is 30.3 Å². The Balaban J connectivity index is 1.47. The number of benzene rings is 2. The molecule has 2 aliphatic rings. The second-order valence-electron chi connectivity index (χ2n) is 7.41. The van der Waals surface area contributed by atoms with Crippen molar-refractivity contribution < 1.29 is 26.4 Å². The molecule has 1 fully saturated rings. The molecule has 0 unspecified atom stereocenters. The Morgan fingerprint density at radius 3 is 2.16 bits per heavy atom. The Labute approximate surface area is 181 Å². The van der Waals surface area contributed by atoms with Gasteiger partial charge in [0.2, 0.25) is 20.0 Å². The number of para-hydroxylation sites is 2. The average molecular weight is 466 g/mol. The molecule has 0 aromatic heterocycles. The van der Waals surface area contributed by atoms with Crippen LogP contribution in [-0.4, -0.2) is 77.0 Å². The van der Waals surface area contributed by atoms with E-state index in [4.69, 9.17) is 4.74 Å². The fourth-order valence-corrected chi connectivity index (χ4v) is 6.10. The van der Waals surface area contributed by atoms with Gasteiger partial charge in [-0.3, -0.25) is 9.10 Å². The molecule has 0 bridgehead atoms.